The second kappa shape index (κ2) is 5.38. The average Bonchev–Trinajstić information content (AvgIpc) is 2.73. The van der Waals surface area contributed by atoms with Crippen LogP contribution in [-0.4, -0.2) is 41.9 Å². The molecule has 2 rings (SSSR count). The lowest BCUT2D eigenvalue weighted by molar-refractivity contribution is -0.149. The fourth-order valence-electron chi connectivity index (χ4n) is 3.33. The van der Waals surface area contributed by atoms with Crippen molar-refractivity contribution in [3.8, 4) is 0 Å². The number of fused-ring (bicyclic) bond motifs is 1. The van der Waals surface area contributed by atoms with Crippen LogP contribution in [0.15, 0.2) is 0 Å². The summed E-state index contributed by atoms with van der Waals surface area (Å²) in [6, 6.07) is -0.415. The quantitative estimate of drug-likeness (QED) is 0.747. The van der Waals surface area contributed by atoms with Crippen molar-refractivity contribution in [1.82, 2.24) is 4.90 Å². The molecule has 2 aliphatic rings. The van der Waals surface area contributed by atoms with Crippen LogP contribution in [0.25, 0.3) is 0 Å². The number of likely N-dealkylation sites (tertiary alicyclic amines) is 1. The van der Waals surface area contributed by atoms with Crippen LogP contribution >= 0.6 is 0 Å². The standard InChI is InChI=1S/C17H29NO3/c1-16(2,3)14(19)12-13-11(8-7-9-21-13)10-18(12)15(20)17(4,5)6/h11-13H,7-10H2,1-6H3. The normalized spacial score (nSPS) is 30.2. The zero-order chi connectivity index (χ0) is 16.0. The highest BCUT2D eigenvalue weighted by molar-refractivity contribution is 5.94. The molecule has 21 heavy (non-hydrogen) atoms. The van der Waals surface area contributed by atoms with Crippen molar-refractivity contribution in [2.45, 2.75) is 66.5 Å². The van der Waals surface area contributed by atoms with Crippen LogP contribution in [0.4, 0.5) is 0 Å². The third kappa shape index (κ3) is 3.15. The number of amides is 1. The number of hydrogen-bond acceptors (Lipinski definition) is 3. The molecule has 3 atom stereocenters. The molecule has 0 aromatic rings. The summed E-state index contributed by atoms with van der Waals surface area (Å²) in [4.78, 5) is 27.5. The van der Waals surface area contributed by atoms with Crippen LogP contribution in [0.2, 0.25) is 0 Å². The molecule has 120 valence electrons. The largest absolute Gasteiger partial charge is 0.375 e. The molecule has 2 fully saturated rings. The highest BCUT2D eigenvalue weighted by atomic mass is 16.5. The Labute approximate surface area is 128 Å². The van der Waals surface area contributed by atoms with E-state index in [0.717, 1.165) is 12.8 Å². The SMILES string of the molecule is CC(C)(C)C(=O)C1C2OCCCC2CN1C(=O)C(C)(C)C. The maximum absolute atomic E-state index is 12.9. The lowest BCUT2D eigenvalue weighted by Gasteiger charge is -2.35. The van der Waals surface area contributed by atoms with E-state index in [9.17, 15) is 9.59 Å². The first-order chi connectivity index (χ1) is 9.53. The first-order valence-corrected chi connectivity index (χ1v) is 8.00. The third-order valence-electron chi connectivity index (χ3n) is 4.48. The van der Waals surface area contributed by atoms with Gasteiger partial charge in [0.1, 0.15) is 6.04 Å². The predicted molar refractivity (Wildman–Crippen MR) is 81.9 cm³/mol. The molecule has 0 bridgehead atoms. The molecule has 0 aromatic carbocycles. The highest BCUT2D eigenvalue weighted by Gasteiger charge is 2.52. The molecular weight excluding hydrogens is 266 g/mol. The third-order valence-corrected chi connectivity index (χ3v) is 4.48. The van der Waals surface area contributed by atoms with E-state index < -0.39 is 16.9 Å². The van der Waals surface area contributed by atoms with Crippen molar-refractivity contribution in [1.29, 1.82) is 0 Å². The fraction of sp³-hybridized carbons (Fsp3) is 0.882. The molecule has 0 spiro atoms. The molecule has 2 aliphatic heterocycles. The maximum Gasteiger partial charge on any atom is 0.228 e. The molecule has 4 heteroatoms. The molecule has 4 nitrogen and oxygen atoms in total. The number of Topliss-reactive ketones (excluding diaryl/α,β-unsaturated/α-hetero) is 1. The summed E-state index contributed by atoms with van der Waals surface area (Å²) in [6.07, 6.45) is 1.96. The molecule has 0 saturated carbocycles. The molecule has 2 heterocycles. The van der Waals surface area contributed by atoms with Gasteiger partial charge in [-0.25, -0.2) is 0 Å². The van der Waals surface area contributed by atoms with Gasteiger partial charge in [-0.15, -0.1) is 0 Å². The van der Waals surface area contributed by atoms with Crippen LogP contribution in [0.3, 0.4) is 0 Å². The number of nitrogens with zero attached hydrogens (tertiary/aromatic N) is 1. The molecule has 2 saturated heterocycles. The fourth-order valence-corrected chi connectivity index (χ4v) is 3.33. The van der Waals surface area contributed by atoms with E-state index in [1.165, 1.54) is 0 Å². The smallest absolute Gasteiger partial charge is 0.228 e. The Hall–Kier alpha value is -0.900. The lowest BCUT2D eigenvalue weighted by Crippen LogP contribution is -2.52. The number of ketones is 1. The summed E-state index contributed by atoms with van der Waals surface area (Å²) >= 11 is 0. The maximum atomic E-state index is 12.9. The van der Waals surface area contributed by atoms with Crippen molar-refractivity contribution >= 4 is 11.7 Å². The van der Waals surface area contributed by atoms with E-state index in [-0.39, 0.29) is 17.8 Å². The number of carbonyl (C=O) groups excluding carboxylic acids is 2. The summed E-state index contributed by atoms with van der Waals surface area (Å²) < 4.78 is 5.91. The Balaban J connectivity index is 2.33. The zero-order valence-corrected chi connectivity index (χ0v) is 14.2. The first kappa shape index (κ1) is 16.5. The van der Waals surface area contributed by atoms with E-state index in [2.05, 4.69) is 0 Å². The van der Waals surface area contributed by atoms with Gasteiger partial charge in [0.05, 0.1) is 6.10 Å². The van der Waals surface area contributed by atoms with Gasteiger partial charge in [-0.2, -0.15) is 0 Å². The molecule has 0 aliphatic carbocycles. The summed E-state index contributed by atoms with van der Waals surface area (Å²) in [5.74, 6) is 0.485. The van der Waals surface area contributed by atoms with Gasteiger partial charge in [0, 0.05) is 29.9 Å². The Morgan fingerprint density at radius 1 is 1.05 bits per heavy atom. The van der Waals surface area contributed by atoms with Crippen molar-refractivity contribution in [2.75, 3.05) is 13.2 Å². The van der Waals surface area contributed by atoms with Crippen molar-refractivity contribution < 1.29 is 14.3 Å². The van der Waals surface area contributed by atoms with E-state index in [4.69, 9.17) is 4.74 Å². The van der Waals surface area contributed by atoms with Crippen molar-refractivity contribution in [2.24, 2.45) is 16.7 Å². The molecule has 1 amide bonds. The molecular formula is C17H29NO3. The minimum atomic E-state index is -0.468. The summed E-state index contributed by atoms with van der Waals surface area (Å²) in [5.41, 5.74) is -0.930. The number of rotatable bonds is 1. The van der Waals surface area contributed by atoms with Gasteiger partial charge in [-0.1, -0.05) is 41.5 Å². The highest BCUT2D eigenvalue weighted by Crippen LogP contribution is 2.38. The van der Waals surface area contributed by atoms with Crippen molar-refractivity contribution in [3.05, 3.63) is 0 Å². The minimum absolute atomic E-state index is 0.0584. The van der Waals surface area contributed by atoms with Gasteiger partial charge in [0.25, 0.3) is 0 Å². The molecule has 0 N–H and O–H groups in total. The Bertz CT molecular complexity index is 430. The Kier molecular flexibility index (Phi) is 4.22. The molecule has 0 radical (unpaired) electrons. The van der Waals surface area contributed by atoms with Gasteiger partial charge < -0.3 is 9.64 Å². The van der Waals surface area contributed by atoms with Crippen LogP contribution in [0.1, 0.15) is 54.4 Å². The minimum Gasteiger partial charge on any atom is -0.375 e. The summed E-state index contributed by atoms with van der Waals surface area (Å²) in [7, 11) is 0. The first-order valence-electron chi connectivity index (χ1n) is 8.00. The number of hydrogen-bond donors (Lipinski definition) is 0. The monoisotopic (exact) mass is 295 g/mol. The number of carbonyl (C=O) groups is 2. The zero-order valence-electron chi connectivity index (χ0n) is 14.2. The van der Waals surface area contributed by atoms with Crippen LogP contribution in [-0.2, 0) is 14.3 Å². The second-order valence-corrected chi connectivity index (χ2v) is 8.50. The van der Waals surface area contributed by atoms with Crippen molar-refractivity contribution in [3.63, 3.8) is 0 Å². The van der Waals surface area contributed by atoms with Gasteiger partial charge in [0.2, 0.25) is 5.91 Å². The van der Waals surface area contributed by atoms with E-state index >= 15 is 0 Å². The average molecular weight is 295 g/mol. The van der Waals surface area contributed by atoms with E-state index in [1.807, 2.05) is 41.5 Å². The van der Waals surface area contributed by atoms with Crippen LogP contribution in [0.5, 0.6) is 0 Å². The van der Waals surface area contributed by atoms with Crippen LogP contribution in [0, 0.1) is 16.7 Å². The molecule has 3 unspecified atom stereocenters. The summed E-state index contributed by atoms with van der Waals surface area (Å²) in [5, 5.41) is 0. The number of ether oxygens (including phenoxy) is 1. The lowest BCUT2D eigenvalue weighted by atomic mass is 9.82. The second-order valence-electron chi connectivity index (χ2n) is 8.50. The van der Waals surface area contributed by atoms with E-state index in [1.54, 1.807) is 4.90 Å². The summed E-state index contributed by atoms with van der Waals surface area (Å²) in [6.45, 7) is 12.9. The topological polar surface area (TPSA) is 46.6 Å². The van der Waals surface area contributed by atoms with Gasteiger partial charge in [-0.05, 0) is 12.8 Å². The van der Waals surface area contributed by atoms with Gasteiger partial charge >= 0.3 is 0 Å². The van der Waals surface area contributed by atoms with Gasteiger partial charge in [-0.3, -0.25) is 9.59 Å². The van der Waals surface area contributed by atoms with Crippen LogP contribution < -0.4 is 0 Å². The Morgan fingerprint density at radius 2 is 1.67 bits per heavy atom. The molecule has 0 aromatic heterocycles. The Morgan fingerprint density at radius 3 is 2.19 bits per heavy atom. The van der Waals surface area contributed by atoms with E-state index in [0.29, 0.717) is 19.1 Å². The van der Waals surface area contributed by atoms with Gasteiger partial charge in [0.15, 0.2) is 5.78 Å². The predicted octanol–water partition coefficient (Wildman–Crippen LogP) is 2.65.